The van der Waals surface area contributed by atoms with E-state index in [4.69, 9.17) is 0 Å². The van der Waals surface area contributed by atoms with Gasteiger partial charge in [-0.05, 0) is 25.0 Å². The zero-order valence-corrected chi connectivity index (χ0v) is 9.59. The summed E-state index contributed by atoms with van der Waals surface area (Å²) in [6.45, 7) is 3.62. The topological polar surface area (TPSA) is 17.1 Å². The van der Waals surface area contributed by atoms with Crippen LogP contribution in [-0.2, 0) is 0 Å². The van der Waals surface area contributed by atoms with Gasteiger partial charge in [-0.25, -0.2) is 0 Å². The lowest BCUT2D eigenvalue weighted by molar-refractivity contribution is 0.0980. The quantitative estimate of drug-likeness (QED) is 0.440. The molecule has 1 aromatic carbocycles. The third-order valence-electron chi connectivity index (χ3n) is 1.98. The van der Waals surface area contributed by atoms with Crippen LogP contribution in [0.15, 0.2) is 41.4 Å². The summed E-state index contributed by atoms with van der Waals surface area (Å²) in [6, 6.07) is 7.47. The van der Waals surface area contributed by atoms with Crippen molar-refractivity contribution in [3.05, 3.63) is 47.0 Å². The number of carbonyl (C=O) groups excluding carboxylic acids is 1. The number of allylic oxidation sites excluding steroid dienone is 1. The molecule has 0 fully saturated rings. The molecule has 0 N–H and O–H groups in total. The van der Waals surface area contributed by atoms with E-state index in [9.17, 15) is 4.79 Å². The molecule has 1 nitrogen and oxygen atoms in total. The number of benzene rings is 1. The van der Waals surface area contributed by atoms with Crippen LogP contribution in [-0.4, -0.2) is 5.78 Å². The number of carbonyl (C=O) groups is 1. The van der Waals surface area contributed by atoms with Crippen LogP contribution in [0.4, 0.5) is 0 Å². The molecule has 2 heteroatoms. The van der Waals surface area contributed by atoms with Gasteiger partial charge in [0.2, 0.25) is 0 Å². The van der Waals surface area contributed by atoms with E-state index in [1.165, 1.54) is 0 Å². The smallest absolute Gasteiger partial charge is 0.162 e. The summed E-state index contributed by atoms with van der Waals surface area (Å²) >= 11 is 3.33. The molecule has 0 atom stereocenters. The number of hydrogen-bond acceptors (Lipinski definition) is 1. The van der Waals surface area contributed by atoms with Crippen molar-refractivity contribution >= 4 is 21.7 Å². The van der Waals surface area contributed by atoms with Crippen LogP contribution < -0.4 is 0 Å². The van der Waals surface area contributed by atoms with E-state index in [2.05, 4.69) is 22.5 Å². The van der Waals surface area contributed by atoms with Crippen molar-refractivity contribution in [3.8, 4) is 0 Å². The molecule has 0 bridgehead atoms. The van der Waals surface area contributed by atoms with Crippen molar-refractivity contribution in [1.29, 1.82) is 0 Å². The summed E-state index contributed by atoms with van der Waals surface area (Å²) in [4.78, 5) is 11.6. The molecule has 0 aliphatic heterocycles. The molecule has 14 heavy (non-hydrogen) atoms. The second-order valence-electron chi connectivity index (χ2n) is 3.11. The fraction of sp³-hybridized carbons (Fsp3) is 0.250. The zero-order valence-electron chi connectivity index (χ0n) is 8.00. The number of unbranched alkanes of at least 4 members (excludes halogenated alkanes) is 1. The number of ketones is 1. The Bertz CT molecular complexity index is 314. The second-order valence-corrected chi connectivity index (χ2v) is 4.03. The normalized spacial score (nSPS) is 9.79. The molecular weight excluding hydrogens is 240 g/mol. The van der Waals surface area contributed by atoms with Gasteiger partial charge in [0.05, 0.1) is 0 Å². The minimum absolute atomic E-state index is 0.208. The Labute approximate surface area is 93.0 Å². The standard InChI is InChI=1S/C12H13BrO/c1-2-3-4-5-12(14)10-6-8-11(13)9-7-10/h2,6-9H,1,3-5H2. The van der Waals surface area contributed by atoms with E-state index in [1.54, 1.807) is 0 Å². The first kappa shape index (κ1) is 11.2. The lowest BCUT2D eigenvalue weighted by atomic mass is 10.1. The Kier molecular flexibility index (Phi) is 4.60. The summed E-state index contributed by atoms with van der Waals surface area (Å²) < 4.78 is 1.00. The van der Waals surface area contributed by atoms with Gasteiger partial charge in [-0.2, -0.15) is 0 Å². The zero-order chi connectivity index (χ0) is 10.4. The molecule has 0 radical (unpaired) electrons. The van der Waals surface area contributed by atoms with Gasteiger partial charge in [0, 0.05) is 16.5 Å². The first-order chi connectivity index (χ1) is 6.74. The van der Waals surface area contributed by atoms with Gasteiger partial charge >= 0.3 is 0 Å². The highest BCUT2D eigenvalue weighted by molar-refractivity contribution is 9.10. The molecule has 74 valence electrons. The Morgan fingerprint density at radius 1 is 1.36 bits per heavy atom. The maximum Gasteiger partial charge on any atom is 0.162 e. The first-order valence-electron chi connectivity index (χ1n) is 4.63. The molecule has 0 unspecified atom stereocenters. The molecule has 1 rings (SSSR count). The van der Waals surface area contributed by atoms with Crippen molar-refractivity contribution in [2.24, 2.45) is 0 Å². The van der Waals surface area contributed by atoms with E-state index in [1.807, 2.05) is 30.3 Å². The summed E-state index contributed by atoms with van der Waals surface area (Å²) in [5, 5.41) is 0. The van der Waals surface area contributed by atoms with E-state index in [0.717, 1.165) is 22.9 Å². The van der Waals surface area contributed by atoms with E-state index >= 15 is 0 Å². The minimum Gasteiger partial charge on any atom is -0.294 e. The summed E-state index contributed by atoms with van der Waals surface area (Å²) in [5.74, 6) is 0.208. The molecule has 0 aromatic heterocycles. The van der Waals surface area contributed by atoms with Gasteiger partial charge in [0.15, 0.2) is 5.78 Å². The molecule has 0 heterocycles. The van der Waals surface area contributed by atoms with Gasteiger partial charge in [-0.3, -0.25) is 4.79 Å². The minimum atomic E-state index is 0.208. The lowest BCUT2D eigenvalue weighted by Crippen LogP contribution is -1.97. The Hall–Kier alpha value is -0.890. The molecule has 0 aliphatic rings. The number of Topliss-reactive ketones (excluding diaryl/α,β-unsaturated/α-hetero) is 1. The van der Waals surface area contributed by atoms with Crippen molar-refractivity contribution in [2.75, 3.05) is 0 Å². The van der Waals surface area contributed by atoms with Crippen molar-refractivity contribution in [2.45, 2.75) is 19.3 Å². The molecule has 0 saturated carbocycles. The van der Waals surface area contributed by atoms with Crippen molar-refractivity contribution < 1.29 is 4.79 Å². The predicted molar refractivity (Wildman–Crippen MR) is 62.5 cm³/mol. The third kappa shape index (κ3) is 3.46. The molecule has 0 amide bonds. The van der Waals surface area contributed by atoms with Gasteiger partial charge in [-0.1, -0.05) is 34.1 Å². The highest BCUT2D eigenvalue weighted by atomic mass is 79.9. The van der Waals surface area contributed by atoms with E-state index in [0.29, 0.717) is 6.42 Å². The molecular formula is C12H13BrO. The Balaban J connectivity index is 2.52. The first-order valence-corrected chi connectivity index (χ1v) is 5.43. The summed E-state index contributed by atoms with van der Waals surface area (Å²) in [7, 11) is 0. The molecule has 1 aromatic rings. The maximum absolute atomic E-state index is 11.6. The van der Waals surface area contributed by atoms with E-state index in [-0.39, 0.29) is 5.78 Å². The van der Waals surface area contributed by atoms with Crippen LogP contribution in [0.1, 0.15) is 29.6 Å². The highest BCUT2D eigenvalue weighted by Crippen LogP contribution is 2.13. The number of rotatable bonds is 5. The van der Waals surface area contributed by atoms with Crippen LogP contribution in [0.3, 0.4) is 0 Å². The maximum atomic E-state index is 11.6. The molecule has 0 aliphatic carbocycles. The van der Waals surface area contributed by atoms with Gasteiger partial charge < -0.3 is 0 Å². The Morgan fingerprint density at radius 3 is 2.57 bits per heavy atom. The van der Waals surface area contributed by atoms with Crippen LogP contribution >= 0.6 is 15.9 Å². The average Bonchev–Trinajstić information content (AvgIpc) is 2.19. The van der Waals surface area contributed by atoms with Crippen molar-refractivity contribution in [3.63, 3.8) is 0 Å². The fourth-order valence-electron chi connectivity index (χ4n) is 1.19. The van der Waals surface area contributed by atoms with Crippen LogP contribution in [0.2, 0.25) is 0 Å². The Morgan fingerprint density at radius 2 is 2.00 bits per heavy atom. The van der Waals surface area contributed by atoms with Crippen LogP contribution in [0.25, 0.3) is 0 Å². The van der Waals surface area contributed by atoms with Crippen LogP contribution in [0.5, 0.6) is 0 Å². The van der Waals surface area contributed by atoms with Crippen molar-refractivity contribution in [1.82, 2.24) is 0 Å². The van der Waals surface area contributed by atoms with Gasteiger partial charge in [0.25, 0.3) is 0 Å². The third-order valence-corrected chi connectivity index (χ3v) is 2.51. The summed E-state index contributed by atoms with van der Waals surface area (Å²) in [5.41, 5.74) is 0.789. The van der Waals surface area contributed by atoms with Gasteiger partial charge in [0.1, 0.15) is 0 Å². The van der Waals surface area contributed by atoms with E-state index < -0.39 is 0 Å². The van der Waals surface area contributed by atoms with Gasteiger partial charge in [-0.15, -0.1) is 6.58 Å². The average molecular weight is 253 g/mol. The fourth-order valence-corrected chi connectivity index (χ4v) is 1.45. The summed E-state index contributed by atoms with van der Waals surface area (Å²) in [6.07, 6.45) is 4.24. The SMILES string of the molecule is C=CCCCC(=O)c1ccc(Br)cc1. The molecule has 0 spiro atoms. The largest absolute Gasteiger partial charge is 0.294 e. The number of halogens is 1. The molecule has 0 saturated heterocycles. The predicted octanol–water partition coefficient (Wildman–Crippen LogP) is 3.99. The monoisotopic (exact) mass is 252 g/mol. The number of hydrogen-bond donors (Lipinski definition) is 0. The lowest BCUT2D eigenvalue weighted by Gasteiger charge is -1.99. The second kappa shape index (κ2) is 5.76. The highest BCUT2D eigenvalue weighted by Gasteiger charge is 2.03. The van der Waals surface area contributed by atoms with Crippen LogP contribution in [0, 0.1) is 0 Å².